The Morgan fingerprint density at radius 3 is 2.24 bits per heavy atom. The topological polar surface area (TPSA) is 83.5 Å². The number of carboxylic acids is 1. The van der Waals surface area contributed by atoms with Gasteiger partial charge in [-0.1, -0.05) is 36.4 Å². The molecule has 2 aromatic rings. The van der Waals surface area contributed by atoms with Crippen molar-refractivity contribution in [3.8, 4) is 0 Å². The number of ketones is 1. The third-order valence-corrected chi connectivity index (χ3v) is 4.68. The Bertz CT molecular complexity index is 831. The van der Waals surface area contributed by atoms with E-state index in [0.717, 1.165) is 11.1 Å². The zero-order valence-corrected chi connectivity index (χ0v) is 13.9. The van der Waals surface area contributed by atoms with Gasteiger partial charge in [-0.3, -0.25) is 14.4 Å². The van der Waals surface area contributed by atoms with Crippen molar-refractivity contribution >= 4 is 23.3 Å². The first-order chi connectivity index (χ1) is 11.9. The van der Waals surface area contributed by atoms with Crippen molar-refractivity contribution in [3.63, 3.8) is 0 Å². The third kappa shape index (κ3) is 3.45. The lowest BCUT2D eigenvalue weighted by Crippen LogP contribution is -2.36. The predicted molar refractivity (Wildman–Crippen MR) is 93.6 cm³/mol. The van der Waals surface area contributed by atoms with Crippen LogP contribution in [0.15, 0.2) is 48.5 Å². The Hall–Kier alpha value is -2.95. The van der Waals surface area contributed by atoms with E-state index in [9.17, 15) is 19.5 Å². The molecule has 5 heteroatoms. The molecule has 0 heterocycles. The Kier molecular flexibility index (Phi) is 4.40. The van der Waals surface area contributed by atoms with E-state index in [1.165, 1.54) is 6.92 Å². The summed E-state index contributed by atoms with van der Waals surface area (Å²) >= 11 is 0. The summed E-state index contributed by atoms with van der Waals surface area (Å²) in [7, 11) is 0. The Morgan fingerprint density at radius 1 is 1.04 bits per heavy atom. The number of amides is 1. The molecule has 0 bridgehead atoms. The molecule has 3 rings (SSSR count). The maximum Gasteiger partial charge on any atom is 0.310 e. The van der Waals surface area contributed by atoms with Crippen LogP contribution in [0.3, 0.4) is 0 Å². The summed E-state index contributed by atoms with van der Waals surface area (Å²) in [6.45, 7) is 1.45. The van der Waals surface area contributed by atoms with Gasteiger partial charge in [-0.05, 0) is 43.0 Å². The Balaban J connectivity index is 1.76. The molecule has 128 valence electrons. The second-order valence-electron chi connectivity index (χ2n) is 6.57. The van der Waals surface area contributed by atoms with Crippen LogP contribution in [0.5, 0.6) is 0 Å². The highest BCUT2D eigenvalue weighted by atomic mass is 16.4. The number of benzene rings is 2. The van der Waals surface area contributed by atoms with Crippen molar-refractivity contribution in [1.29, 1.82) is 0 Å². The lowest BCUT2D eigenvalue weighted by Gasteiger charge is -2.23. The summed E-state index contributed by atoms with van der Waals surface area (Å²) < 4.78 is 0. The van der Waals surface area contributed by atoms with Gasteiger partial charge in [-0.2, -0.15) is 0 Å². The first-order valence-electron chi connectivity index (χ1n) is 8.11. The molecule has 0 aromatic heterocycles. The zero-order chi connectivity index (χ0) is 18.0. The first kappa shape index (κ1) is 16.9. The number of fused-ring (bicyclic) bond motifs is 1. The second kappa shape index (κ2) is 6.51. The van der Waals surface area contributed by atoms with E-state index in [4.69, 9.17) is 0 Å². The second-order valence-corrected chi connectivity index (χ2v) is 6.57. The summed E-state index contributed by atoms with van der Waals surface area (Å²) in [5, 5.41) is 12.5. The largest absolute Gasteiger partial charge is 0.481 e. The summed E-state index contributed by atoms with van der Waals surface area (Å²) in [5.41, 5.74) is 1.84. The molecule has 25 heavy (non-hydrogen) atoms. The number of rotatable bonds is 5. The molecule has 1 amide bonds. The minimum absolute atomic E-state index is 0.0932. The first-order valence-corrected chi connectivity index (χ1v) is 8.11. The van der Waals surface area contributed by atoms with Gasteiger partial charge in [0, 0.05) is 17.7 Å². The van der Waals surface area contributed by atoms with Gasteiger partial charge in [0.05, 0.1) is 5.41 Å². The quantitative estimate of drug-likeness (QED) is 0.821. The van der Waals surface area contributed by atoms with Crippen molar-refractivity contribution in [1.82, 2.24) is 0 Å². The van der Waals surface area contributed by atoms with Crippen LogP contribution >= 0.6 is 0 Å². The van der Waals surface area contributed by atoms with Crippen LogP contribution in [-0.2, 0) is 22.4 Å². The molecular formula is C20H19NO4. The molecule has 0 atom stereocenters. The molecule has 0 saturated carbocycles. The van der Waals surface area contributed by atoms with Gasteiger partial charge in [0.15, 0.2) is 5.78 Å². The lowest BCUT2D eigenvalue weighted by atomic mass is 9.81. The molecule has 0 saturated heterocycles. The normalized spacial score (nSPS) is 14.6. The minimum Gasteiger partial charge on any atom is -0.481 e. The summed E-state index contributed by atoms with van der Waals surface area (Å²) in [5.74, 6) is -1.42. The van der Waals surface area contributed by atoms with Gasteiger partial charge in [-0.15, -0.1) is 0 Å². The van der Waals surface area contributed by atoms with Gasteiger partial charge >= 0.3 is 5.97 Å². The van der Waals surface area contributed by atoms with Crippen LogP contribution in [0.1, 0.15) is 34.8 Å². The fraction of sp³-hybridized carbons (Fsp3) is 0.250. The standard InChI is InChI=1S/C20H19NO4/c1-13(22)14-7-4-8-17(9-14)21-18(23)12-20(19(24)25)10-15-5-2-3-6-16(15)11-20/h2-9H,10-12H2,1H3,(H,21,23)(H,24,25). The molecule has 2 aromatic carbocycles. The summed E-state index contributed by atoms with van der Waals surface area (Å²) in [6.07, 6.45) is 0.583. The highest BCUT2D eigenvalue weighted by Gasteiger charge is 2.45. The highest BCUT2D eigenvalue weighted by Crippen LogP contribution is 2.40. The Labute approximate surface area is 145 Å². The molecule has 0 unspecified atom stereocenters. The van der Waals surface area contributed by atoms with Crippen LogP contribution in [0.25, 0.3) is 0 Å². The van der Waals surface area contributed by atoms with Crippen molar-refractivity contribution < 1.29 is 19.5 Å². The number of nitrogens with one attached hydrogen (secondary N) is 1. The fourth-order valence-electron chi connectivity index (χ4n) is 3.37. The number of aliphatic carboxylic acids is 1. The maximum atomic E-state index is 12.5. The SMILES string of the molecule is CC(=O)c1cccc(NC(=O)CC2(C(=O)O)Cc3ccccc3C2)c1. The predicted octanol–water partition coefficient (Wildman–Crippen LogP) is 3.09. The Morgan fingerprint density at radius 2 is 1.68 bits per heavy atom. The number of carboxylic acid groups (broad SMARTS) is 1. The van der Waals surface area contributed by atoms with Crippen molar-refractivity contribution in [2.75, 3.05) is 5.32 Å². The molecular weight excluding hydrogens is 318 g/mol. The van der Waals surface area contributed by atoms with E-state index >= 15 is 0 Å². The van der Waals surface area contributed by atoms with E-state index in [1.807, 2.05) is 24.3 Å². The number of Topliss-reactive ketones (excluding diaryl/α,β-unsaturated/α-hetero) is 1. The number of hydrogen-bond acceptors (Lipinski definition) is 3. The van der Waals surface area contributed by atoms with Gasteiger partial charge in [0.2, 0.25) is 5.91 Å². The number of carbonyl (C=O) groups is 3. The number of anilines is 1. The van der Waals surface area contributed by atoms with Crippen LogP contribution in [-0.4, -0.2) is 22.8 Å². The van der Waals surface area contributed by atoms with Crippen molar-refractivity contribution in [3.05, 3.63) is 65.2 Å². The van der Waals surface area contributed by atoms with Crippen LogP contribution < -0.4 is 5.32 Å². The molecule has 0 fully saturated rings. The molecule has 1 aliphatic carbocycles. The minimum atomic E-state index is -1.12. The van der Waals surface area contributed by atoms with Gasteiger partial charge in [0.1, 0.15) is 0 Å². The van der Waals surface area contributed by atoms with Crippen molar-refractivity contribution in [2.24, 2.45) is 5.41 Å². The third-order valence-electron chi connectivity index (χ3n) is 4.68. The molecule has 1 aliphatic rings. The van der Waals surface area contributed by atoms with Crippen LogP contribution in [0.4, 0.5) is 5.69 Å². The van der Waals surface area contributed by atoms with Gasteiger partial charge < -0.3 is 10.4 Å². The average Bonchev–Trinajstić information content (AvgIpc) is 2.94. The smallest absolute Gasteiger partial charge is 0.310 e. The van der Waals surface area contributed by atoms with E-state index in [0.29, 0.717) is 24.1 Å². The van der Waals surface area contributed by atoms with E-state index in [-0.39, 0.29) is 18.1 Å². The van der Waals surface area contributed by atoms with Crippen molar-refractivity contribution in [2.45, 2.75) is 26.2 Å². The molecule has 0 spiro atoms. The molecule has 2 N–H and O–H groups in total. The number of hydrogen-bond donors (Lipinski definition) is 2. The number of carbonyl (C=O) groups excluding carboxylic acids is 2. The fourth-order valence-corrected chi connectivity index (χ4v) is 3.37. The molecule has 0 radical (unpaired) electrons. The van der Waals surface area contributed by atoms with E-state index in [2.05, 4.69) is 5.32 Å². The van der Waals surface area contributed by atoms with Gasteiger partial charge in [0.25, 0.3) is 0 Å². The van der Waals surface area contributed by atoms with Gasteiger partial charge in [-0.25, -0.2) is 0 Å². The molecule has 5 nitrogen and oxygen atoms in total. The van der Waals surface area contributed by atoms with Crippen LogP contribution in [0, 0.1) is 5.41 Å². The van der Waals surface area contributed by atoms with Crippen LogP contribution in [0.2, 0.25) is 0 Å². The lowest BCUT2D eigenvalue weighted by molar-refractivity contribution is -0.150. The monoisotopic (exact) mass is 337 g/mol. The highest BCUT2D eigenvalue weighted by molar-refractivity contribution is 5.98. The van der Waals surface area contributed by atoms with E-state index in [1.54, 1.807) is 24.3 Å². The average molecular weight is 337 g/mol. The maximum absolute atomic E-state index is 12.5. The summed E-state index contributed by atoms with van der Waals surface area (Å²) in [4.78, 5) is 35.8. The summed E-state index contributed by atoms with van der Waals surface area (Å²) in [6, 6.07) is 14.2. The molecule has 0 aliphatic heterocycles. The van der Waals surface area contributed by atoms with E-state index < -0.39 is 11.4 Å². The zero-order valence-electron chi connectivity index (χ0n) is 13.9.